The highest BCUT2D eigenvalue weighted by Crippen LogP contribution is 2.35. The van der Waals surface area contributed by atoms with E-state index in [1.807, 2.05) is 32.0 Å². The summed E-state index contributed by atoms with van der Waals surface area (Å²) < 4.78 is 5.27. The molecule has 116 valence electrons. The molecule has 1 fully saturated rings. The predicted octanol–water partition coefficient (Wildman–Crippen LogP) is 5.30. The third-order valence-corrected chi connectivity index (χ3v) is 4.36. The normalized spacial score (nSPS) is 12.2. The molecule has 0 spiro atoms. The Balaban J connectivity index is 0.000000847. The number of methoxy groups -OCH3 is 1. The summed E-state index contributed by atoms with van der Waals surface area (Å²) in [7, 11) is 1.66. The van der Waals surface area contributed by atoms with Gasteiger partial charge in [0, 0.05) is 34.1 Å². The smallest absolute Gasteiger partial charge is 0.120 e. The van der Waals surface area contributed by atoms with Crippen LogP contribution in [0.3, 0.4) is 0 Å². The molecule has 1 saturated heterocycles. The van der Waals surface area contributed by atoms with E-state index in [0.29, 0.717) is 5.76 Å². The lowest BCUT2D eigenvalue weighted by Gasteiger charge is -2.11. The van der Waals surface area contributed by atoms with Crippen molar-refractivity contribution < 1.29 is 4.74 Å². The Kier molecular flexibility index (Phi) is 5.96. The molecule has 0 unspecified atom stereocenters. The summed E-state index contributed by atoms with van der Waals surface area (Å²) >= 11 is 1.75. The molecule has 22 heavy (non-hydrogen) atoms. The van der Waals surface area contributed by atoms with Gasteiger partial charge in [0.05, 0.1) is 7.11 Å². The lowest BCUT2D eigenvalue weighted by atomic mass is 10.2. The highest BCUT2D eigenvalue weighted by Gasteiger charge is 2.18. The van der Waals surface area contributed by atoms with Crippen LogP contribution in [-0.4, -0.2) is 20.2 Å². The van der Waals surface area contributed by atoms with Crippen LogP contribution in [-0.2, 0) is 4.74 Å². The topological polar surface area (TPSA) is 12.2 Å². The van der Waals surface area contributed by atoms with Gasteiger partial charge in [-0.3, -0.25) is 0 Å². The van der Waals surface area contributed by atoms with Gasteiger partial charge in [-0.1, -0.05) is 56.5 Å². The van der Waals surface area contributed by atoms with Gasteiger partial charge in [0.2, 0.25) is 0 Å². The van der Waals surface area contributed by atoms with E-state index in [4.69, 9.17) is 4.74 Å². The van der Waals surface area contributed by atoms with Crippen molar-refractivity contribution >= 4 is 23.2 Å². The molecule has 0 N–H and O–H groups in total. The number of nitrogens with zero attached hydrogens (tertiary/aromatic N) is 1. The van der Waals surface area contributed by atoms with Crippen LogP contribution in [0.4, 0.5) is 5.69 Å². The van der Waals surface area contributed by atoms with Crippen LogP contribution in [0.2, 0.25) is 0 Å². The molecule has 0 saturated carbocycles. The fourth-order valence-corrected chi connectivity index (χ4v) is 3.09. The minimum absolute atomic E-state index is 0.704. The van der Waals surface area contributed by atoms with Crippen molar-refractivity contribution in [3.05, 3.63) is 60.7 Å². The van der Waals surface area contributed by atoms with Crippen molar-refractivity contribution in [3.8, 4) is 0 Å². The molecule has 0 bridgehead atoms. The molecule has 0 aromatic heterocycles. The third-order valence-electron chi connectivity index (χ3n) is 3.29. The molecule has 2 aromatic rings. The van der Waals surface area contributed by atoms with Gasteiger partial charge >= 0.3 is 0 Å². The molecular weight excluding hydrogens is 290 g/mol. The largest absolute Gasteiger partial charge is 0.497 e. The monoisotopic (exact) mass is 313 g/mol. The Bertz CT molecular complexity index is 635. The Morgan fingerprint density at radius 2 is 1.82 bits per heavy atom. The predicted molar refractivity (Wildman–Crippen MR) is 96.6 cm³/mol. The fourth-order valence-electron chi connectivity index (χ4n) is 2.07. The van der Waals surface area contributed by atoms with Crippen molar-refractivity contribution in [2.24, 2.45) is 0 Å². The molecule has 0 radical (unpaired) electrons. The van der Waals surface area contributed by atoms with E-state index >= 15 is 0 Å². The SMILES string of the molecule is C=C(OC)c1ccccc1Sc1cccc(N2CC2)c1.CC. The van der Waals surface area contributed by atoms with Gasteiger partial charge in [-0.05, 0) is 24.3 Å². The Hall–Kier alpha value is -1.87. The van der Waals surface area contributed by atoms with E-state index in [9.17, 15) is 0 Å². The van der Waals surface area contributed by atoms with Crippen molar-refractivity contribution in [3.63, 3.8) is 0 Å². The summed E-state index contributed by atoms with van der Waals surface area (Å²) in [5.74, 6) is 0.704. The maximum absolute atomic E-state index is 5.27. The summed E-state index contributed by atoms with van der Waals surface area (Å²) in [5, 5.41) is 0. The van der Waals surface area contributed by atoms with E-state index in [-0.39, 0.29) is 0 Å². The van der Waals surface area contributed by atoms with Crippen LogP contribution in [0.5, 0.6) is 0 Å². The highest BCUT2D eigenvalue weighted by molar-refractivity contribution is 7.99. The second-order valence-electron chi connectivity index (χ2n) is 4.71. The Labute approximate surface area is 137 Å². The Morgan fingerprint density at radius 1 is 1.09 bits per heavy atom. The Morgan fingerprint density at radius 3 is 2.50 bits per heavy atom. The van der Waals surface area contributed by atoms with Crippen LogP contribution in [0.1, 0.15) is 19.4 Å². The molecule has 1 aliphatic heterocycles. The molecule has 0 aliphatic carbocycles. The van der Waals surface area contributed by atoms with Gasteiger partial charge in [0.25, 0.3) is 0 Å². The van der Waals surface area contributed by atoms with Crippen LogP contribution < -0.4 is 4.90 Å². The summed E-state index contributed by atoms with van der Waals surface area (Å²) in [6.45, 7) is 10.3. The van der Waals surface area contributed by atoms with Gasteiger partial charge in [0.1, 0.15) is 5.76 Å². The fraction of sp³-hybridized carbons (Fsp3) is 0.263. The van der Waals surface area contributed by atoms with Gasteiger partial charge in [-0.15, -0.1) is 0 Å². The first-order valence-electron chi connectivity index (χ1n) is 7.63. The summed E-state index contributed by atoms with van der Waals surface area (Å²) in [6, 6.07) is 16.9. The quantitative estimate of drug-likeness (QED) is 0.549. The van der Waals surface area contributed by atoms with Crippen molar-refractivity contribution in [1.82, 2.24) is 0 Å². The zero-order valence-electron chi connectivity index (χ0n) is 13.5. The molecule has 1 aliphatic rings. The number of rotatable bonds is 5. The number of benzene rings is 2. The van der Waals surface area contributed by atoms with Crippen molar-refractivity contribution in [2.75, 3.05) is 25.1 Å². The lowest BCUT2D eigenvalue weighted by molar-refractivity contribution is 0.370. The van der Waals surface area contributed by atoms with Crippen LogP contribution in [0.25, 0.3) is 5.76 Å². The van der Waals surface area contributed by atoms with E-state index < -0.39 is 0 Å². The minimum Gasteiger partial charge on any atom is -0.497 e. The molecule has 2 aromatic carbocycles. The summed E-state index contributed by atoms with van der Waals surface area (Å²) in [6.07, 6.45) is 0. The number of hydrogen-bond acceptors (Lipinski definition) is 3. The van der Waals surface area contributed by atoms with Crippen LogP contribution in [0, 0.1) is 0 Å². The average Bonchev–Trinajstić information content (AvgIpc) is 3.42. The van der Waals surface area contributed by atoms with Gasteiger partial charge < -0.3 is 9.64 Å². The third kappa shape index (κ3) is 4.08. The number of ether oxygens (including phenoxy) is 1. The molecule has 0 amide bonds. The molecular formula is C19H23NOS. The van der Waals surface area contributed by atoms with Gasteiger partial charge in [-0.25, -0.2) is 0 Å². The van der Waals surface area contributed by atoms with Gasteiger partial charge in [-0.2, -0.15) is 0 Å². The molecule has 3 rings (SSSR count). The first-order chi connectivity index (χ1) is 10.8. The van der Waals surface area contributed by atoms with E-state index in [2.05, 4.69) is 41.8 Å². The maximum atomic E-state index is 5.27. The van der Waals surface area contributed by atoms with Crippen LogP contribution >= 0.6 is 11.8 Å². The van der Waals surface area contributed by atoms with Crippen molar-refractivity contribution in [2.45, 2.75) is 23.6 Å². The zero-order valence-corrected chi connectivity index (χ0v) is 14.3. The second-order valence-corrected chi connectivity index (χ2v) is 5.83. The average molecular weight is 313 g/mol. The zero-order chi connectivity index (χ0) is 15.9. The standard InChI is InChI=1S/C17H17NOS.C2H6/c1-13(19-2)16-8-3-4-9-17(16)20-15-7-5-6-14(12-15)18-10-11-18;1-2/h3-9,12H,1,10-11H2,2H3;1-2H3. The molecule has 2 nitrogen and oxygen atoms in total. The molecule has 1 heterocycles. The summed E-state index contributed by atoms with van der Waals surface area (Å²) in [4.78, 5) is 4.76. The second kappa shape index (κ2) is 7.95. The first-order valence-corrected chi connectivity index (χ1v) is 8.45. The lowest BCUT2D eigenvalue weighted by Crippen LogP contribution is -1.91. The van der Waals surface area contributed by atoms with Crippen molar-refractivity contribution in [1.29, 1.82) is 0 Å². The van der Waals surface area contributed by atoms with E-state index in [1.165, 1.54) is 28.6 Å². The summed E-state index contributed by atoms with van der Waals surface area (Å²) in [5.41, 5.74) is 2.36. The molecule has 3 heteroatoms. The number of anilines is 1. The number of hydrogen-bond donors (Lipinski definition) is 0. The maximum Gasteiger partial charge on any atom is 0.120 e. The van der Waals surface area contributed by atoms with E-state index in [0.717, 1.165) is 5.56 Å². The van der Waals surface area contributed by atoms with Crippen LogP contribution in [0.15, 0.2) is 64.9 Å². The first kappa shape index (κ1) is 16.5. The highest BCUT2D eigenvalue weighted by atomic mass is 32.2. The minimum atomic E-state index is 0.704. The van der Waals surface area contributed by atoms with Gasteiger partial charge in [0.15, 0.2) is 0 Å². The van der Waals surface area contributed by atoms with E-state index in [1.54, 1.807) is 18.9 Å². The molecule has 0 atom stereocenters.